The molecule has 1 aromatic carbocycles. The Morgan fingerprint density at radius 3 is 2.65 bits per heavy atom. The molecule has 0 fully saturated rings. The Labute approximate surface area is 182 Å². The van der Waals surface area contributed by atoms with Gasteiger partial charge in [-0.2, -0.15) is 10.3 Å². The standard InChI is InChI=1S/C23H28N8/c1-4-5-13-31-21(25-20(28-31)14-16(2)3)15-17-8-10-18(11-9-17)22-19(7-6-12-24-22)23-26-29-30-27-23/h6-12,16H,4-5,13-15H2,1-3H3,(H,26,27,29,30). The van der Waals surface area contributed by atoms with Crippen molar-refractivity contribution < 1.29 is 0 Å². The SMILES string of the molecule is CCCCn1nc(CC(C)C)nc1Cc1ccc(-c2ncccc2-c2nn[nH]n2)cc1. The molecule has 0 atom stereocenters. The van der Waals surface area contributed by atoms with Crippen LogP contribution in [0.3, 0.4) is 0 Å². The molecule has 8 heteroatoms. The van der Waals surface area contributed by atoms with E-state index in [4.69, 9.17) is 10.1 Å². The second kappa shape index (κ2) is 9.59. The number of pyridine rings is 1. The predicted octanol–water partition coefficient (Wildman–Crippen LogP) is 4.11. The number of rotatable bonds is 9. The van der Waals surface area contributed by atoms with E-state index in [-0.39, 0.29) is 0 Å². The maximum Gasteiger partial charge on any atom is 0.206 e. The molecule has 0 aliphatic carbocycles. The minimum Gasteiger partial charge on any atom is -0.255 e. The van der Waals surface area contributed by atoms with Crippen molar-refractivity contribution in [1.82, 2.24) is 40.4 Å². The summed E-state index contributed by atoms with van der Waals surface area (Å²) in [6.07, 6.45) is 5.69. The van der Waals surface area contributed by atoms with Crippen molar-refractivity contribution >= 4 is 0 Å². The molecular formula is C23H28N8. The summed E-state index contributed by atoms with van der Waals surface area (Å²) < 4.78 is 2.09. The smallest absolute Gasteiger partial charge is 0.206 e. The molecule has 4 aromatic rings. The fourth-order valence-corrected chi connectivity index (χ4v) is 3.55. The highest BCUT2D eigenvalue weighted by Crippen LogP contribution is 2.27. The lowest BCUT2D eigenvalue weighted by atomic mass is 10.0. The van der Waals surface area contributed by atoms with Gasteiger partial charge in [0.05, 0.1) is 5.69 Å². The molecule has 0 spiro atoms. The Morgan fingerprint density at radius 1 is 1.10 bits per heavy atom. The van der Waals surface area contributed by atoms with Crippen LogP contribution in [0.2, 0.25) is 0 Å². The number of aromatic amines is 1. The Morgan fingerprint density at radius 2 is 1.94 bits per heavy atom. The van der Waals surface area contributed by atoms with Crippen LogP contribution in [-0.4, -0.2) is 40.4 Å². The fraction of sp³-hybridized carbons (Fsp3) is 0.391. The Balaban J connectivity index is 1.57. The molecule has 0 amide bonds. The number of tetrazole rings is 1. The van der Waals surface area contributed by atoms with Gasteiger partial charge in [0.15, 0.2) is 5.82 Å². The van der Waals surface area contributed by atoms with E-state index in [2.05, 4.69) is 75.3 Å². The minimum atomic E-state index is 0.536. The van der Waals surface area contributed by atoms with Gasteiger partial charge in [0.1, 0.15) is 5.82 Å². The lowest BCUT2D eigenvalue weighted by molar-refractivity contribution is 0.538. The number of hydrogen-bond donors (Lipinski definition) is 1. The molecule has 3 heterocycles. The highest BCUT2D eigenvalue weighted by Gasteiger charge is 2.14. The predicted molar refractivity (Wildman–Crippen MR) is 119 cm³/mol. The summed E-state index contributed by atoms with van der Waals surface area (Å²) in [5.41, 5.74) is 3.89. The normalized spacial score (nSPS) is 11.4. The number of H-pyrrole nitrogens is 1. The number of nitrogens with zero attached hydrogens (tertiary/aromatic N) is 7. The van der Waals surface area contributed by atoms with Gasteiger partial charge in [-0.05, 0) is 35.2 Å². The summed E-state index contributed by atoms with van der Waals surface area (Å²) in [7, 11) is 0. The molecule has 160 valence electrons. The van der Waals surface area contributed by atoms with Gasteiger partial charge in [0.2, 0.25) is 5.82 Å². The molecule has 3 aromatic heterocycles. The van der Waals surface area contributed by atoms with Crippen LogP contribution in [0.25, 0.3) is 22.6 Å². The van der Waals surface area contributed by atoms with Crippen LogP contribution in [0.5, 0.6) is 0 Å². The molecular weight excluding hydrogens is 388 g/mol. The van der Waals surface area contributed by atoms with Crippen LogP contribution in [0.15, 0.2) is 42.6 Å². The highest BCUT2D eigenvalue weighted by atomic mass is 15.5. The zero-order valence-corrected chi connectivity index (χ0v) is 18.3. The molecule has 0 aliphatic heterocycles. The molecule has 0 saturated carbocycles. The van der Waals surface area contributed by atoms with Crippen molar-refractivity contribution in [3.63, 3.8) is 0 Å². The average molecular weight is 417 g/mol. The van der Waals surface area contributed by atoms with Gasteiger partial charge in [0.25, 0.3) is 0 Å². The summed E-state index contributed by atoms with van der Waals surface area (Å²) in [5.74, 6) is 3.05. The van der Waals surface area contributed by atoms with Crippen LogP contribution < -0.4 is 0 Å². The monoisotopic (exact) mass is 416 g/mol. The molecule has 0 unspecified atom stereocenters. The van der Waals surface area contributed by atoms with Crippen molar-refractivity contribution in [1.29, 1.82) is 0 Å². The zero-order valence-electron chi connectivity index (χ0n) is 18.3. The van der Waals surface area contributed by atoms with Crippen LogP contribution in [-0.2, 0) is 19.4 Å². The van der Waals surface area contributed by atoms with Crippen LogP contribution in [0, 0.1) is 5.92 Å². The summed E-state index contributed by atoms with van der Waals surface area (Å²) >= 11 is 0. The van der Waals surface area contributed by atoms with Crippen molar-refractivity contribution in [3.05, 3.63) is 59.8 Å². The molecule has 0 bridgehead atoms. The topological polar surface area (TPSA) is 98.1 Å². The molecule has 4 rings (SSSR count). The van der Waals surface area contributed by atoms with Crippen LogP contribution in [0.1, 0.15) is 50.8 Å². The van der Waals surface area contributed by atoms with E-state index >= 15 is 0 Å². The first-order valence-electron chi connectivity index (χ1n) is 10.8. The molecule has 1 N–H and O–H groups in total. The average Bonchev–Trinajstić information content (AvgIpc) is 3.43. The van der Waals surface area contributed by atoms with Gasteiger partial charge >= 0.3 is 0 Å². The summed E-state index contributed by atoms with van der Waals surface area (Å²) in [6, 6.07) is 12.3. The lowest BCUT2D eigenvalue weighted by Crippen LogP contribution is -2.06. The first kappa shape index (κ1) is 20.8. The second-order valence-electron chi connectivity index (χ2n) is 8.13. The molecule has 0 aliphatic rings. The van der Waals surface area contributed by atoms with Crippen molar-refractivity contribution in [2.45, 2.75) is 53.0 Å². The molecule has 31 heavy (non-hydrogen) atoms. The maximum absolute atomic E-state index is 4.84. The first-order valence-corrected chi connectivity index (χ1v) is 10.8. The van der Waals surface area contributed by atoms with E-state index in [0.29, 0.717) is 11.7 Å². The number of aromatic nitrogens is 8. The molecule has 0 radical (unpaired) electrons. The number of hydrogen-bond acceptors (Lipinski definition) is 6. The summed E-state index contributed by atoms with van der Waals surface area (Å²) in [5, 5.41) is 19.1. The number of aryl methyl sites for hydroxylation is 1. The van der Waals surface area contributed by atoms with E-state index in [1.807, 2.05) is 12.1 Å². The van der Waals surface area contributed by atoms with E-state index in [9.17, 15) is 0 Å². The first-order chi connectivity index (χ1) is 15.1. The third-order valence-corrected chi connectivity index (χ3v) is 5.09. The fourth-order valence-electron chi connectivity index (χ4n) is 3.55. The van der Waals surface area contributed by atoms with E-state index in [1.54, 1.807) is 6.20 Å². The van der Waals surface area contributed by atoms with Gasteiger partial charge in [-0.3, -0.25) is 4.98 Å². The summed E-state index contributed by atoms with van der Waals surface area (Å²) in [4.78, 5) is 9.39. The van der Waals surface area contributed by atoms with Gasteiger partial charge in [-0.1, -0.05) is 51.5 Å². The third-order valence-electron chi connectivity index (χ3n) is 5.09. The van der Waals surface area contributed by atoms with Gasteiger partial charge in [0, 0.05) is 36.7 Å². The second-order valence-corrected chi connectivity index (χ2v) is 8.13. The van der Waals surface area contributed by atoms with Crippen molar-refractivity contribution in [3.8, 4) is 22.6 Å². The Bertz CT molecular complexity index is 1100. The molecule has 8 nitrogen and oxygen atoms in total. The van der Waals surface area contributed by atoms with E-state index < -0.39 is 0 Å². The minimum absolute atomic E-state index is 0.536. The van der Waals surface area contributed by atoms with Gasteiger partial charge in [-0.25, -0.2) is 9.67 Å². The van der Waals surface area contributed by atoms with Crippen LogP contribution in [0.4, 0.5) is 0 Å². The van der Waals surface area contributed by atoms with Gasteiger partial charge < -0.3 is 0 Å². The van der Waals surface area contributed by atoms with Gasteiger partial charge in [-0.15, -0.1) is 10.2 Å². The van der Waals surface area contributed by atoms with E-state index in [0.717, 1.165) is 60.7 Å². The highest BCUT2D eigenvalue weighted by molar-refractivity contribution is 5.76. The Kier molecular flexibility index (Phi) is 6.45. The van der Waals surface area contributed by atoms with E-state index in [1.165, 1.54) is 5.56 Å². The number of unbranched alkanes of at least 4 members (excludes halogenated alkanes) is 1. The maximum atomic E-state index is 4.84. The van der Waals surface area contributed by atoms with Crippen molar-refractivity contribution in [2.75, 3.05) is 0 Å². The van der Waals surface area contributed by atoms with Crippen molar-refractivity contribution in [2.24, 2.45) is 5.92 Å². The lowest BCUT2D eigenvalue weighted by Gasteiger charge is -2.08. The number of benzene rings is 1. The third kappa shape index (κ3) is 5.02. The number of nitrogens with one attached hydrogen (secondary N) is 1. The summed E-state index contributed by atoms with van der Waals surface area (Å²) in [6.45, 7) is 7.51. The van der Waals surface area contributed by atoms with Crippen LogP contribution >= 0.6 is 0 Å². The zero-order chi connectivity index (χ0) is 21.6. The largest absolute Gasteiger partial charge is 0.255 e. The quantitative estimate of drug-likeness (QED) is 0.441. The molecule has 0 saturated heterocycles. The Hall–Kier alpha value is -3.42.